The Kier molecular flexibility index (Phi) is 5.17. The van der Waals surface area contributed by atoms with Crippen LogP contribution < -0.4 is 0 Å². The number of hydrogen-bond donors (Lipinski definition) is 0. The average Bonchev–Trinajstić information content (AvgIpc) is 2.29. The zero-order valence-electron chi connectivity index (χ0n) is 10.1. The molecular formula is C13H16ClNOS. The number of benzene rings is 1. The third kappa shape index (κ3) is 4.89. The van der Waals surface area contributed by atoms with Crippen molar-refractivity contribution in [2.75, 3.05) is 5.75 Å². The SMILES string of the molecule is CC(C)(C#N)CCCS(=O)c1ccc(Cl)cc1. The highest BCUT2D eigenvalue weighted by molar-refractivity contribution is 7.85. The minimum absolute atomic E-state index is 0.329. The van der Waals surface area contributed by atoms with Crippen molar-refractivity contribution in [1.29, 1.82) is 5.26 Å². The molecule has 1 aromatic carbocycles. The first-order chi connectivity index (χ1) is 7.94. The molecule has 1 atom stereocenters. The second-order valence-electron chi connectivity index (χ2n) is 4.60. The molecule has 0 fully saturated rings. The number of hydrogen-bond acceptors (Lipinski definition) is 2. The summed E-state index contributed by atoms with van der Waals surface area (Å²) in [5.74, 6) is 0.590. The molecule has 0 amide bonds. The molecule has 4 heteroatoms. The van der Waals surface area contributed by atoms with E-state index in [-0.39, 0.29) is 5.41 Å². The van der Waals surface area contributed by atoms with Gasteiger partial charge in [-0.3, -0.25) is 4.21 Å². The van der Waals surface area contributed by atoms with Gasteiger partial charge in [0.1, 0.15) is 0 Å². The topological polar surface area (TPSA) is 40.9 Å². The normalized spacial score (nSPS) is 13.1. The standard InChI is InChI=1S/C13H16ClNOS/c1-13(2,10-15)8-3-9-17(16)12-6-4-11(14)5-7-12/h4-7H,3,8-9H2,1-2H3. The van der Waals surface area contributed by atoms with E-state index in [2.05, 4.69) is 6.07 Å². The van der Waals surface area contributed by atoms with E-state index >= 15 is 0 Å². The van der Waals surface area contributed by atoms with Crippen LogP contribution in [0.4, 0.5) is 0 Å². The van der Waals surface area contributed by atoms with Crippen molar-refractivity contribution < 1.29 is 4.21 Å². The lowest BCUT2D eigenvalue weighted by molar-refractivity contribution is 0.447. The maximum atomic E-state index is 11.9. The monoisotopic (exact) mass is 269 g/mol. The van der Waals surface area contributed by atoms with Crippen LogP contribution in [0.5, 0.6) is 0 Å². The Hall–Kier alpha value is -0.850. The molecule has 0 aliphatic carbocycles. The predicted molar refractivity (Wildman–Crippen MR) is 71.4 cm³/mol. The fourth-order valence-corrected chi connectivity index (χ4v) is 2.61. The summed E-state index contributed by atoms with van der Waals surface area (Å²) in [7, 11) is -0.996. The molecule has 0 radical (unpaired) electrons. The minimum Gasteiger partial charge on any atom is -0.254 e. The van der Waals surface area contributed by atoms with Crippen LogP contribution in [0.1, 0.15) is 26.7 Å². The van der Waals surface area contributed by atoms with Gasteiger partial charge in [-0.1, -0.05) is 11.6 Å². The Bertz CT molecular complexity index is 434. The number of nitrogens with zero attached hydrogens (tertiary/aromatic N) is 1. The van der Waals surface area contributed by atoms with Crippen molar-refractivity contribution in [2.45, 2.75) is 31.6 Å². The van der Waals surface area contributed by atoms with Crippen LogP contribution in [0.2, 0.25) is 5.02 Å². The lowest BCUT2D eigenvalue weighted by Crippen LogP contribution is -2.09. The summed E-state index contributed by atoms with van der Waals surface area (Å²) in [6.07, 6.45) is 1.55. The lowest BCUT2D eigenvalue weighted by Gasteiger charge is -2.13. The molecule has 17 heavy (non-hydrogen) atoms. The van der Waals surface area contributed by atoms with Crippen molar-refractivity contribution in [3.63, 3.8) is 0 Å². The fraction of sp³-hybridized carbons (Fsp3) is 0.462. The Morgan fingerprint density at radius 3 is 2.47 bits per heavy atom. The van der Waals surface area contributed by atoms with Gasteiger partial charge >= 0.3 is 0 Å². The van der Waals surface area contributed by atoms with Gasteiger partial charge in [0.05, 0.1) is 22.3 Å². The van der Waals surface area contributed by atoms with E-state index in [9.17, 15) is 4.21 Å². The molecule has 0 aliphatic rings. The average molecular weight is 270 g/mol. The third-order valence-corrected chi connectivity index (χ3v) is 4.22. The predicted octanol–water partition coefficient (Wildman–Crippen LogP) is 3.78. The Morgan fingerprint density at radius 1 is 1.35 bits per heavy atom. The molecular weight excluding hydrogens is 254 g/mol. The van der Waals surface area contributed by atoms with Gasteiger partial charge in [-0.2, -0.15) is 5.26 Å². The first kappa shape index (κ1) is 14.2. The zero-order valence-corrected chi connectivity index (χ0v) is 11.6. The van der Waals surface area contributed by atoms with E-state index in [4.69, 9.17) is 16.9 Å². The molecule has 1 rings (SSSR count). The molecule has 92 valence electrons. The van der Waals surface area contributed by atoms with Crippen molar-refractivity contribution in [1.82, 2.24) is 0 Å². The van der Waals surface area contributed by atoms with Crippen LogP contribution in [-0.4, -0.2) is 9.96 Å². The summed E-state index contributed by atoms with van der Waals surface area (Å²) in [6, 6.07) is 9.31. The number of rotatable bonds is 5. The quantitative estimate of drug-likeness (QED) is 0.816. The summed E-state index contributed by atoms with van der Waals surface area (Å²) >= 11 is 5.76. The van der Waals surface area contributed by atoms with Gasteiger partial charge < -0.3 is 0 Å². The van der Waals surface area contributed by atoms with E-state index < -0.39 is 10.8 Å². The zero-order chi connectivity index (χ0) is 12.9. The van der Waals surface area contributed by atoms with E-state index in [0.717, 1.165) is 17.7 Å². The molecule has 0 saturated carbocycles. The molecule has 0 aliphatic heterocycles. The second kappa shape index (κ2) is 6.18. The van der Waals surface area contributed by atoms with Crippen LogP contribution in [0.25, 0.3) is 0 Å². The smallest absolute Gasteiger partial charge is 0.0683 e. The molecule has 0 bridgehead atoms. The molecule has 1 unspecified atom stereocenters. The molecule has 0 N–H and O–H groups in total. The highest BCUT2D eigenvalue weighted by atomic mass is 35.5. The van der Waals surface area contributed by atoms with Crippen LogP contribution in [-0.2, 0) is 10.8 Å². The van der Waals surface area contributed by atoms with Crippen LogP contribution in [0, 0.1) is 16.7 Å². The van der Waals surface area contributed by atoms with E-state index in [1.807, 2.05) is 13.8 Å². The van der Waals surface area contributed by atoms with Gasteiger partial charge in [-0.25, -0.2) is 0 Å². The van der Waals surface area contributed by atoms with Crippen LogP contribution in [0.15, 0.2) is 29.2 Å². The molecule has 1 aromatic rings. The van der Waals surface area contributed by atoms with Gasteiger partial charge in [0.15, 0.2) is 0 Å². The van der Waals surface area contributed by atoms with E-state index in [1.165, 1.54) is 0 Å². The Balaban J connectivity index is 2.46. The van der Waals surface area contributed by atoms with Gasteiger partial charge in [0, 0.05) is 15.7 Å². The van der Waals surface area contributed by atoms with Crippen molar-refractivity contribution in [2.24, 2.45) is 5.41 Å². The summed E-state index contributed by atoms with van der Waals surface area (Å²) < 4.78 is 11.9. The maximum absolute atomic E-state index is 11.9. The van der Waals surface area contributed by atoms with Gasteiger partial charge in [-0.15, -0.1) is 0 Å². The largest absolute Gasteiger partial charge is 0.254 e. The molecule has 0 spiro atoms. The second-order valence-corrected chi connectivity index (χ2v) is 6.61. The Labute approximate surface area is 110 Å². The first-order valence-corrected chi connectivity index (χ1v) is 7.19. The molecule has 0 saturated heterocycles. The summed E-state index contributed by atoms with van der Waals surface area (Å²) in [4.78, 5) is 0.796. The number of halogens is 1. The summed E-state index contributed by atoms with van der Waals surface area (Å²) in [5.41, 5.74) is -0.329. The van der Waals surface area contributed by atoms with E-state index in [1.54, 1.807) is 24.3 Å². The number of nitriles is 1. The van der Waals surface area contributed by atoms with Crippen LogP contribution in [0.3, 0.4) is 0 Å². The van der Waals surface area contributed by atoms with Crippen LogP contribution >= 0.6 is 11.6 Å². The highest BCUT2D eigenvalue weighted by Gasteiger charge is 2.16. The van der Waals surface area contributed by atoms with Crippen molar-refractivity contribution >= 4 is 22.4 Å². The lowest BCUT2D eigenvalue weighted by atomic mass is 9.90. The minimum atomic E-state index is -0.996. The molecule has 0 aromatic heterocycles. The first-order valence-electron chi connectivity index (χ1n) is 5.50. The highest BCUT2D eigenvalue weighted by Crippen LogP contribution is 2.21. The maximum Gasteiger partial charge on any atom is 0.0683 e. The third-order valence-electron chi connectivity index (χ3n) is 2.51. The summed E-state index contributed by atoms with van der Waals surface area (Å²) in [6.45, 7) is 3.80. The Morgan fingerprint density at radius 2 is 1.94 bits per heavy atom. The van der Waals surface area contributed by atoms with Gasteiger partial charge in [-0.05, 0) is 51.0 Å². The van der Waals surface area contributed by atoms with Gasteiger partial charge in [0.2, 0.25) is 0 Å². The molecule has 0 heterocycles. The fourth-order valence-electron chi connectivity index (χ4n) is 1.41. The summed E-state index contributed by atoms with van der Waals surface area (Å²) in [5, 5.41) is 9.52. The van der Waals surface area contributed by atoms with Gasteiger partial charge in [0.25, 0.3) is 0 Å². The van der Waals surface area contributed by atoms with Crippen molar-refractivity contribution in [3.8, 4) is 6.07 Å². The molecule has 2 nitrogen and oxygen atoms in total. The van der Waals surface area contributed by atoms with E-state index in [0.29, 0.717) is 10.8 Å². The van der Waals surface area contributed by atoms with Crippen molar-refractivity contribution in [3.05, 3.63) is 29.3 Å².